The summed E-state index contributed by atoms with van der Waals surface area (Å²) in [7, 11) is -3.89. The first-order chi connectivity index (χ1) is 18.3. The van der Waals surface area contributed by atoms with Crippen LogP contribution >= 0.6 is 11.8 Å². The van der Waals surface area contributed by atoms with E-state index in [0.717, 1.165) is 16.3 Å². The molecule has 5 aromatic rings. The number of rotatable bonds is 9. The zero-order valence-electron chi connectivity index (χ0n) is 20.3. The maximum atomic E-state index is 13.3. The molecule has 0 amide bonds. The lowest BCUT2D eigenvalue weighted by molar-refractivity contribution is -0.384. The third-order valence-electron chi connectivity index (χ3n) is 5.94. The molecule has 1 unspecified atom stereocenters. The minimum atomic E-state index is -3.89. The second kappa shape index (κ2) is 10.7. The van der Waals surface area contributed by atoms with Crippen molar-refractivity contribution in [3.8, 4) is 5.69 Å². The summed E-state index contributed by atoms with van der Waals surface area (Å²) in [4.78, 5) is 10.8. The van der Waals surface area contributed by atoms with Crippen LogP contribution in [0.15, 0.2) is 107 Å². The monoisotopic (exact) mass is 545 g/mol. The van der Waals surface area contributed by atoms with E-state index in [2.05, 4.69) is 14.9 Å². The molecule has 1 heterocycles. The second-order valence-electron chi connectivity index (χ2n) is 8.58. The van der Waals surface area contributed by atoms with Crippen LogP contribution in [0, 0.1) is 10.1 Å². The van der Waals surface area contributed by atoms with E-state index in [1.54, 1.807) is 41.8 Å². The van der Waals surface area contributed by atoms with Crippen LogP contribution in [0.25, 0.3) is 16.5 Å². The van der Waals surface area contributed by atoms with Crippen molar-refractivity contribution < 1.29 is 13.3 Å². The zero-order chi connectivity index (χ0) is 26.7. The van der Waals surface area contributed by atoms with Gasteiger partial charge in [0.05, 0.1) is 15.9 Å². The SMILES string of the molecule is CC(NS(=O)(=O)c1ccc2ccccc2c1)c1nnc(SCc2ccccc2)n1-c1ccc([N+](=O)[O-])cc1. The minimum Gasteiger partial charge on any atom is -0.273 e. The molecule has 0 aliphatic heterocycles. The number of nitro groups is 1. The predicted molar refractivity (Wildman–Crippen MR) is 147 cm³/mol. The van der Waals surface area contributed by atoms with Gasteiger partial charge in [0.25, 0.3) is 5.69 Å². The highest BCUT2D eigenvalue weighted by molar-refractivity contribution is 7.98. The standard InChI is InChI=1S/C27H23N5O4S2/c1-19(30-38(35,36)25-16-11-21-9-5-6-10-22(21)17-25)26-28-29-27(37-18-20-7-3-2-4-8-20)31(26)23-12-14-24(15-13-23)32(33)34/h2-17,19,30H,18H2,1H3. The van der Waals surface area contributed by atoms with Crippen molar-refractivity contribution in [3.05, 3.63) is 119 Å². The first-order valence-electron chi connectivity index (χ1n) is 11.7. The van der Waals surface area contributed by atoms with Gasteiger partial charge in [-0.2, -0.15) is 0 Å². The molecule has 0 bridgehead atoms. The average molecular weight is 546 g/mol. The lowest BCUT2D eigenvalue weighted by Gasteiger charge is -2.17. The van der Waals surface area contributed by atoms with Crippen LogP contribution in [0.4, 0.5) is 5.69 Å². The highest BCUT2D eigenvalue weighted by Crippen LogP contribution is 2.29. The largest absolute Gasteiger partial charge is 0.273 e. The molecule has 0 radical (unpaired) electrons. The van der Waals surface area contributed by atoms with Gasteiger partial charge >= 0.3 is 0 Å². The quantitative estimate of drug-likeness (QED) is 0.144. The van der Waals surface area contributed by atoms with Gasteiger partial charge < -0.3 is 0 Å². The summed E-state index contributed by atoms with van der Waals surface area (Å²) in [5.41, 5.74) is 1.62. The number of hydrogen-bond acceptors (Lipinski definition) is 7. The van der Waals surface area contributed by atoms with Crippen molar-refractivity contribution in [2.45, 2.75) is 28.8 Å². The molecular formula is C27H23N5O4S2. The molecule has 1 aromatic heterocycles. The van der Waals surface area contributed by atoms with Gasteiger partial charge in [0.1, 0.15) is 0 Å². The van der Waals surface area contributed by atoms with E-state index >= 15 is 0 Å². The molecule has 1 atom stereocenters. The van der Waals surface area contributed by atoms with E-state index in [4.69, 9.17) is 0 Å². The lowest BCUT2D eigenvalue weighted by atomic mass is 10.1. The molecule has 11 heteroatoms. The summed E-state index contributed by atoms with van der Waals surface area (Å²) in [6.45, 7) is 1.69. The molecule has 0 fully saturated rings. The van der Waals surface area contributed by atoms with E-state index in [0.29, 0.717) is 22.4 Å². The smallest absolute Gasteiger partial charge is 0.269 e. The van der Waals surface area contributed by atoms with Crippen LogP contribution in [0.3, 0.4) is 0 Å². The summed E-state index contributed by atoms with van der Waals surface area (Å²) in [6.07, 6.45) is 0. The Labute approximate surface area is 223 Å². The van der Waals surface area contributed by atoms with Gasteiger partial charge in [-0.25, -0.2) is 13.1 Å². The van der Waals surface area contributed by atoms with E-state index < -0.39 is 21.0 Å². The van der Waals surface area contributed by atoms with E-state index in [9.17, 15) is 18.5 Å². The highest BCUT2D eigenvalue weighted by atomic mass is 32.2. The van der Waals surface area contributed by atoms with Crippen LogP contribution in [-0.4, -0.2) is 28.1 Å². The Kier molecular flexibility index (Phi) is 7.23. The summed E-state index contributed by atoms with van der Waals surface area (Å²) in [5.74, 6) is 0.974. The summed E-state index contributed by atoms with van der Waals surface area (Å²) in [6, 6.07) is 27.6. The fourth-order valence-corrected chi connectivity index (χ4v) is 6.18. The van der Waals surface area contributed by atoms with Crippen LogP contribution < -0.4 is 4.72 Å². The maximum absolute atomic E-state index is 13.3. The van der Waals surface area contributed by atoms with Gasteiger partial charge in [0, 0.05) is 23.6 Å². The molecule has 5 rings (SSSR count). The molecule has 0 spiro atoms. The van der Waals surface area contributed by atoms with Gasteiger partial charge in [0.15, 0.2) is 11.0 Å². The number of nitro benzene ring substituents is 1. The van der Waals surface area contributed by atoms with Crippen LogP contribution in [-0.2, 0) is 15.8 Å². The number of nitrogens with zero attached hydrogens (tertiary/aromatic N) is 4. The Morgan fingerprint density at radius 3 is 2.32 bits per heavy atom. The molecule has 1 N–H and O–H groups in total. The third kappa shape index (κ3) is 5.44. The third-order valence-corrected chi connectivity index (χ3v) is 8.48. The van der Waals surface area contributed by atoms with Crippen molar-refractivity contribution >= 4 is 38.2 Å². The van der Waals surface area contributed by atoms with Crippen LogP contribution in [0.1, 0.15) is 24.4 Å². The highest BCUT2D eigenvalue weighted by Gasteiger charge is 2.25. The molecular weight excluding hydrogens is 522 g/mol. The Hall–Kier alpha value is -4.06. The van der Waals surface area contributed by atoms with Gasteiger partial charge in [-0.05, 0) is 47.5 Å². The number of sulfonamides is 1. The predicted octanol–water partition coefficient (Wildman–Crippen LogP) is 5.66. The van der Waals surface area contributed by atoms with E-state index in [1.165, 1.54) is 23.9 Å². The zero-order valence-corrected chi connectivity index (χ0v) is 21.9. The van der Waals surface area contributed by atoms with Gasteiger partial charge in [0.2, 0.25) is 10.0 Å². The van der Waals surface area contributed by atoms with Crippen molar-refractivity contribution in [1.82, 2.24) is 19.5 Å². The molecule has 9 nitrogen and oxygen atoms in total. The lowest BCUT2D eigenvalue weighted by Crippen LogP contribution is -2.28. The Bertz CT molecular complexity index is 1710. The topological polar surface area (TPSA) is 120 Å². The van der Waals surface area contributed by atoms with Gasteiger partial charge in [-0.15, -0.1) is 10.2 Å². The first-order valence-corrected chi connectivity index (χ1v) is 14.2. The van der Waals surface area contributed by atoms with Crippen LogP contribution in [0.2, 0.25) is 0 Å². The van der Waals surface area contributed by atoms with Crippen molar-refractivity contribution in [3.63, 3.8) is 0 Å². The second-order valence-corrected chi connectivity index (χ2v) is 11.2. The van der Waals surface area contributed by atoms with Crippen molar-refractivity contribution in [1.29, 1.82) is 0 Å². The van der Waals surface area contributed by atoms with Crippen molar-refractivity contribution in [2.24, 2.45) is 0 Å². The first kappa shape index (κ1) is 25.6. The average Bonchev–Trinajstić information content (AvgIpc) is 3.36. The van der Waals surface area contributed by atoms with E-state index in [1.807, 2.05) is 54.6 Å². The van der Waals surface area contributed by atoms with Gasteiger partial charge in [-0.3, -0.25) is 14.7 Å². The number of hydrogen-bond donors (Lipinski definition) is 1. The molecule has 38 heavy (non-hydrogen) atoms. The number of non-ortho nitro benzene ring substituents is 1. The Balaban J connectivity index is 1.48. The van der Waals surface area contributed by atoms with E-state index in [-0.39, 0.29) is 10.6 Å². The molecule has 0 aliphatic rings. The number of nitrogens with one attached hydrogen (secondary N) is 1. The molecule has 0 saturated heterocycles. The number of benzene rings is 4. The Morgan fingerprint density at radius 2 is 1.61 bits per heavy atom. The number of thioether (sulfide) groups is 1. The molecule has 4 aromatic carbocycles. The number of aromatic nitrogens is 3. The normalized spacial score (nSPS) is 12.4. The fourth-order valence-electron chi connectivity index (χ4n) is 4.03. The summed E-state index contributed by atoms with van der Waals surface area (Å²) >= 11 is 1.44. The Morgan fingerprint density at radius 1 is 0.921 bits per heavy atom. The fraction of sp³-hybridized carbons (Fsp3) is 0.111. The molecule has 192 valence electrons. The van der Waals surface area contributed by atoms with Crippen molar-refractivity contribution in [2.75, 3.05) is 0 Å². The summed E-state index contributed by atoms with van der Waals surface area (Å²) < 4.78 is 31.0. The molecule has 0 aliphatic carbocycles. The van der Waals surface area contributed by atoms with Gasteiger partial charge in [-0.1, -0.05) is 72.4 Å². The number of fused-ring (bicyclic) bond motifs is 1. The summed E-state index contributed by atoms with van der Waals surface area (Å²) in [5, 5.41) is 22.1. The maximum Gasteiger partial charge on any atom is 0.269 e. The van der Waals surface area contributed by atoms with Crippen LogP contribution in [0.5, 0.6) is 0 Å². The molecule has 0 saturated carbocycles. The minimum absolute atomic E-state index is 0.0491.